The van der Waals surface area contributed by atoms with E-state index >= 15 is 0 Å². The summed E-state index contributed by atoms with van der Waals surface area (Å²) in [6.45, 7) is 1.95. The van der Waals surface area contributed by atoms with Crippen molar-refractivity contribution in [3.63, 3.8) is 0 Å². The largest absolute Gasteiger partial charge is 0.349 e. The molecule has 1 unspecified atom stereocenters. The molecule has 16 heavy (non-hydrogen) atoms. The zero-order chi connectivity index (χ0) is 12.1. The molecule has 1 aromatic carbocycles. The average Bonchev–Trinajstić information content (AvgIpc) is 2.21. The van der Waals surface area contributed by atoms with Crippen LogP contribution in [0.2, 0.25) is 10.0 Å². The molecule has 0 aliphatic carbocycles. The summed E-state index contributed by atoms with van der Waals surface area (Å²) < 4.78 is 0. The first-order valence-electron chi connectivity index (χ1n) is 4.79. The molecule has 0 bridgehead atoms. The molecule has 88 valence electrons. The van der Waals surface area contributed by atoms with Gasteiger partial charge in [0.05, 0.1) is 10.6 Å². The predicted octanol–water partition coefficient (Wildman–Crippen LogP) is 3.47. The van der Waals surface area contributed by atoms with Crippen molar-refractivity contribution in [1.82, 2.24) is 5.32 Å². The molecule has 0 aliphatic rings. The Hall–Kier alpha value is -0.380. The first kappa shape index (κ1) is 13.7. The van der Waals surface area contributed by atoms with Gasteiger partial charge in [-0.05, 0) is 31.4 Å². The van der Waals surface area contributed by atoms with E-state index in [4.69, 9.17) is 23.2 Å². The molecule has 0 spiro atoms. The number of carbonyl (C=O) groups is 1. The monoisotopic (exact) mass is 277 g/mol. The SMILES string of the molecule is CSCC(C)NC(=O)c1cc(Cl)ccc1Cl. The fourth-order valence-corrected chi connectivity index (χ4v) is 2.22. The summed E-state index contributed by atoms with van der Waals surface area (Å²) in [5, 5.41) is 3.78. The number of amides is 1. The summed E-state index contributed by atoms with van der Waals surface area (Å²) in [5.74, 6) is 0.679. The number of benzene rings is 1. The molecule has 5 heteroatoms. The standard InChI is InChI=1S/C11H13Cl2NOS/c1-7(6-16-2)14-11(15)9-5-8(12)3-4-10(9)13/h3-5,7H,6H2,1-2H3,(H,14,15). The molecule has 1 N–H and O–H groups in total. The maximum Gasteiger partial charge on any atom is 0.253 e. The van der Waals surface area contributed by atoms with Crippen LogP contribution in [-0.2, 0) is 0 Å². The Balaban J connectivity index is 2.76. The van der Waals surface area contributed by atoms with Crippen LogP contribution in [-0.4, -0.2) is 24.0 Å². The highest BCUT2D eigenvalue weighted by Gasteiger charge is 2.13. The second-order valence-corrected chi connectivity index (χ2v) is 5.21. The smallest absolute Gasteiger partial charge is 0.253 e. The van der Waals surface area contributed by atoms with Crippen LogP contribution in [0.4, 0.5) is 0 Å². The minimum absolute atomic E-state index is 0.109. The van der Waals surface area contributed by atoms with Crippen LogP contribution in [0, 0.1) is 0 Å². The summed E-state index contributed by atoms with van der Waals surface area (Å²) in [6.07, 6.45) is 2.00. The summed E-state index contributed by atoms with van der Waals surface area (Å²) in [5.41, 5.74) is 0.419. The molecule has 1 atom stereocenters. The minimum atomic E-state index is -0.186. The molecular weight excluding hydrogens is 265 g/mol. The fourth-order valence-electron chi connectivity index (χ4n) is 1.26. The van der Waals surface area contributed by atoms with E-state index in [1.165, 1.54) is 0 Å². The number of nitrogens with one attached hydrogen (secondary N) is 1. The summed E-state index contributed by atoms with van der Waals surface area (Å²) >= 11 is 13.4. The van der Waals surface area contributed by atoms with Crippen molar-refractivity contribution in [3.05, 3.63) is 33.8 Å². The number of carbonyl (C=O) groups excluding carboxylic acids is 1. The zero-order valence-electron chi connectivity index (χ0n) is 9.09. The topological polar surface area (TPSA) is 29.1 Å². The van der Waals surface area contributed by atoms with Crippen LogP contribution in [0.1, 0.15) is 17.3 Å². The number of rotatable bonds is 4. The third-order valence-electron chi connectivity index (χ3n) is 1.97. The van der Waals surface area contributed by atoms with E-state index in [-0.39, 0.29) is 11.9 Å². The average molecular weight is 278 g/mol. The van der Waals surface area contributed by atoms with Crippen molar-refractivity contribution in [2.45, 2.75) is 13.0 Å². The van der Waals surface area contributed by atoms with E-state index in [1.807, 2.05) is 13.2 Å². The quantitative estimate of drug-likeness (QED) is 0.913. The Kier molecular flexibility index (Phi) is 5.46. The molecule has 0 radical (unpaired) electrons. The van der Waals surface area contributed by atoms with Gasteiger partial charge in [-0.3, -0.25) is 4.79 Å². The molecule has 0 saturated heterocycles. The van der Waals surface area contributed by atoms with E-state index in [9.17, 15) is 4.79 Å². The number of halogens is 2. The lowest BCUT2D eigenvalue weighted by atomic mass is 10.2. The first-order chi connectivity index (χ1) is 7.54. The molecule has 0 saturated carbocycles. The minimum Gasteiger partial charge on any atom is -0.349 e. The number of hydrogen-bond donors (Lipinski definition) is 1. The number of thioether (sulfide) groups is 1. The molecule has 1 aromatic rings. The Morgan fingerprint density at radius 1 is 1.50 bits per heavy atom. The lowest BCUT2D eigenvalue weighted by molar-refractivity contribution is 0.0944. The van der Waals surface area contributed by atoms with Crippen molar-refractivity contribution >= 4 is 40.9 Å². The molecule has 0 aromatic heterocycles. The molecule has 1 rings (SSSR count). The van der Waals surface area contributed by atoms with Crippen LogP contribution >= 0.6 is 35.0 Å². The summed E-state index contributed by atoms with van der Waals surface area (Å²) in [7, 11) is 0. The summed E-state index contributed by atoms with van der Waals surface area (Å²) in [6, 6.07) is 4.97. The lowest BCUT2D eigenvalue weighted by Crippen LogP contribution is -2.34. The van der Waals surface area contributed by atoms with Gasteiger partial charge in [-0.2, -0.15) is 11.8 Å². The Bertz CT molecular complexity index is 384. The molecule has 1 amide bonds. The van der Waals surface area contributed by atoms with E-state index in [1.54, 1.807) is 30.0 Å². The Morgan fingerprint density at radius 3 is 2.81 bits per heavy atom. The van der Waals surface area contributed by atoms with Gasteiger partial charge in [0.15, 0.2) is 0 Å². The van der Waals surface area contributed by atoms with Crippen LogP contribution in [0.3, 0.4) is 0 Å². The molecular formula is C11H13Cl2NOS. The molecule has 0 aliphatic heterocycles. The maximum atomic E-state index is 11.8. The van der Waals surface area contributed by atoms with Gasteiger partial charge < -0.3 is 5.32 Å². The molecule has 2 nitrogen and oxygen atoms in total. The zero-order valence-corrected chi connectivity index (χ0v) is 11.4. The van der Waals surface area contributed by atoms with Gasteiger partial charge >= 0.3 is 0 Å². The normalized spacial score (nSPS) is 12.2. The van der Waals surface area contributed by atoms with Crippen LogP contribution in [0.5, 0.6) is 0 Å². The van der Waals surface area contributed by atoms with Crippen LogP contribution < -0.4 is 5.32 Å². The lowest BCUT2D eigenvalue weighted by Gasteiger charge is -2.13. The number of hydrogen-bond acceptors (Lipinski definition) is 2. The van der Waals surface area contributed by atoms with Gasteiger partial charge in [0, 0.05) is 16.8 Å². The maximum absolute atomic E-state index is 11.8. The Labute approximate surface area is 110 Å². The highest BCUT2D eigenvalue weighted by atomic mass is 35.5. The molecule has 0 heterocycles. The van der Waals surface area contributed by atoms with Gasteiger partial charge in [0.1, 0.15) is 0 Å². The third kappa shape index (κ3) is 3.89. The van der Waals surface area contributed by atoms with Crippen LogP contribution in [0.25, 0.3) is 0 Å². The van der Waals surface area contributed by atoms with Crippen molar-refractivity contribution in [2.75, 3.05) is 12.0 Å². The van der Waals surface area contributed by atoms with Crippen molar-refractivity contribution in [3.8, 4) is 0 Å². The molecule has 0 fully saturated rings. The van der Waals surface area contributed by atoms with E-state index in [2.05, 4.69) is 5.32 Å². The van der Waals surface area contributed by atoms with Crippen molar-refractivity contribution in [2.24, 2.45) is 0 Å². The van der Waals surface area contributed by atoms with Gasteiger partial charge in [-0.25, -0.2) is 0 Å². The van der Waals surface area contributed by atoms with Crippen molar-refractivity contribution < 1.29 is 4.79 Å². The van der Waals surface area contributed by atoms with E-state index < -0.39 is 0 Å². The van der Waals surface area contributed by atoms with E-state index in [0.29, 0.717) is 15.6 Å². The highest BCUT2D eigenvalue weighted by molar-refractivity contribution is 7.98. The van der Waals surface area contributed by atoms with Gasteiger partial charge in [0.2, 0.25) is 0 Å². The van der Waals surface area contributed by atoms with Gasteiger partial charge in [-0.1, -0.05) is 23.2 Å². The van der Waals surface area contributed by atoms with Gasteiger partial charge in [0.25, 0.3) is 5.91 Å². The van der Waals surface area contributed by atoms with Gasteiger partial charge in [-0.15, -0.1) is 0 Å². The van der Waals surface area contributed by atoms with E-state index in [0.717, 1.165) is 5.75 Å². The Morgan fingerprint density at radius 2 is 2.19 bits per heavy atom. The highest BCUT2D eigenvalue weighted by Crippen LogP contribution is 2.20. The van der Waals surface area contributed by atoms with Crippen LogP contribution in [0.15, 0.2) is 18.2 Å². The third-order valence-corrected chi connectivity index (χ3v) is 3.37. The fraction of sp³-hybridized carbons (Fsp3) is 0.364. The first-order valence-corrected chi connectivity index (χ1v) is 6.94. The predicted molar refractivity (Wildman–Crippen MR) is 71.8 cm³/mol. The second kappa shape index (κ2) is 6.38. The second-order valence-electron chi connectivity index (χ2n) is 3.45. The van der Waals surface area contributed by atoms with Crippen molar-refractivity contribution in [1.29, 1.82) is 0 Å². The summed E-state index contributed by atoms with van der Waals surface area (Å²) in [4.78, 5) is 11.8.